The molecule has 2 fully saturated rings. The van der Waals surface area contributed by atoms with Crippen LogP contribution in [-0.4, -0.2) is 48.4 Å². The number of amides is 1. The molecule has 3 rings (SSSR count). The van der Waals surface area contributed by atoms with Crippen LogP contribution in [0.25, 0.3) is 0 Å². The zero-order valence-corrected chi connectivity index (χ0v) is 16.3. The normalized spacial score (nSPS) is 24.4. The molecule has 1 saturated carbocycles. The van der Waals surface area contributed by atoms with Crippen LogP contribution in [0.4, 0.5) is 10.5 Å². The highest BCUT2D eigenvalue weighted by Crippen LogP contribution is 2.38. The molecular formula is C21H32N2O3. The molecule has 0 aromatic heterocycles. The van der Waals surface area contributed by atoms with E-state index in [0.29, 0.717) is 24.6 Å². The molecule has 26 heavy (non-hydrogen) atoms. The Kier molecular flexibility index (Phi) is 5.64. The standard InChI is InChI=1S/C21H32N2O3/c1-21(2,3)16-4-8-18(9-5-16)26-19-10-6-17(7-11-19)22-12-14-23(15-13-22)20(24)25/h6-7,10-11,16,18H,4-5,8-9,12-15H2,1-3H3,(H,24,25). The molecule has 0 bridgehead atoms. The highest BCUT2D eigenvalue weighted by atomic mass is 16.5. The van der Waals surface area contributed by atoms with E-state index in [1.165, 1.54) is 17.7 Å². The molecule has 1 aromatic rings. The lowest BCUT2D eigenvalue weighted by Gasteiger charge is -2.37. The topological polar surface area (TPSA) is 53.0 Å². The molecule has 0 unspecified atom stereocenters. The first-order valence-corrected chi connectivity index (χ1v) is 9.82. The molecule has 1 aliphatic heterocycles. The van der Waals surface area contributed by atoms with Crippen molar-refractivity contribution in [2.75, 3.05) is 31.1 Å². The number of carboxylic acid groups (broad SMARTS) is 1. The predicted molar refractivity (Wildman–Crippen MR) is 104 cm³/mol. The molecule has 144 valence electrons. The molecule has 5 heteroatoms. The van der Waals surface area contributed by atoms with Gasteiger partial charge in [-0.1, -0.05) is 20.8 Å². The second kappa shape index (κ2) is 7.77. The Balaban J connectivity index is 1.49. The number of carbonyl (C=O) groups is 1. The molecule has 1 N–H and O–H groups in total. The number of hydrogen-bond acceptors (Lipinski definition) is 3. The van der Waals surface area contributed by atoms with Crippen LogP contribution < -0.4 is 9.64 Å². The Bertz CT molecular complexity index is 593. The van der Waals surface area contributed by atoms with Crippen LogP contribution in [0.15, 0.2) is 24.3 Å². The summed E-state index contributed by atoms with van der Waals surface area (Å²) in [5.74, 6) is 1.74. The minimum atomic E-state index is -0.824. The first kappa shape index (κ1) is 18.9. The van der Waals surface area contributed by atoms with Crippen molar-refractivity contribution in [3.05, 3.63) is 24.3 Å². The van der Waals surface area contributed by atoms with Crippen molar-refractivity contribution in [3.63, 3.8) is 0 Å². The zero-order valence-electron chi connectivity index (χ0n) is 16.3. The van der Waals surface area contributed by atoms with E-state index < -0.39 is 6.09 Å². The number of piperazine rings is 1. The lowest BCUT2D eigenvalue weighted by molar-refractivity contribution is 0.0882. The van der Waals surface area contributed by atoms with Gasteiger partial charge >= 0.3 is 6.09 Å². The van der Waals surface area contributed by atoms with Gasteiger partial charge in [0.1, 0.15) is 5.75 Å². The average Bonchev–Trinajstić information content (AvgIpc) is 2.62. The Morgan fingerprint density at radius 1 is 1.00 bits per heavy atom. The van der Waals surface area contributed by atoms with Gasteiger partial charge in [-0.2, -0.15) is 0 Å². The van der Waals surface area contributed by atoms with E-state index >= 15 is 0 Å². The number of hydrogen-bond donors (Lipinski definition) is 1. The number of rotatable bonds is 3. The second-order valence-corrected chi connectivity index (χ2v) is 8.71. The minimum Gasteiger partial charge on any atom is -0.490 e. The summed E-state index contributed by atoms with van der Waals surface area (Å²) >= 11 is 0. The summed E-state index contributed by atoms with van der Waals surface area (Å²) in [5.41, 5.74) is 1.54. The van der Waals surface area contributed by atoms with E-state index in [0.717, 1.165) is 43.3 Å². The van der Waals surface area contributed by atoms with Crippen LogP contribution in [0.2, 0.25) is 0 Å². The van der Waals surface area contributed by atoms with E-state index in [1.54, 1.807) is 0 Å². The molecule has 1 saturated heterocycles. The molecule has 1 aromatic carbocycles. The molecule has 1 aliphatic carbocycles. The van der Waals surface area contributed by atoms with E-state index in [-0.39, 0.29) is 0 Å². The Labute approximate surface area is 156 Å². The van der Waals surface area contributed by atoms with Crippen molar-refractivity contribution in [2.24, 2.45) is 11.3 Å². The number of nitrogens with zero attached hydrogens (tertiary/aromatic N) is 2. The highest BCUT2D eigenvalue weighted by Gasteiger charge is 2.30. The first-order chi connectivity index (χ1) is 12.3. The monoisotopic (exact) mass is 360 g/mol. The molecule has 5 nitrogen and oxygen atoms in total. The van der Waals surface area contributed by atoms with E-state index in [9.17, 15) is 4.79 Å². The van der Waals surface area contributed by atoms with Gasteiger partial charge in [-0.3, -0.25) is 0 Å². The summed E-state index contributed by atoms with van der Waals surface area (Å²) in [7, 11) is 0. The molecule has 2 aliphatic rings. The van der Waals surface area contributed by atoms with Gasteiger partial charge in [0.05, 0.1) is 6.10 Å². The summed E-state index contributed by atoms with van der Waals surface area (Å²) in [6.07, 6.45) is 4.29. The number of anilines is 1. The fourth-order valence-corrected chi connectivity index (χ4v) is 4.13. The summed E-state index contributed by atoms with van der Waals surface area (Å²) in [6, 6.07) is 8.28. The van der Waals surface area contributed by atoms with Crippen molar-refractivity contribution in [1.82, 2.24) is 4.90 Å². The van der Waals surface area contributed by atoms with E-state index in [4.69, 9.17) is 9.84 Å². The maximum Gasteiger partial charge on any atom is 0.407 e. The van der Waals surface area contributed by atoms with Crippen LogP contribution in [0, 0.1) is 11.3 Å². The van der Waals surface area contributed by atoms with Gasteiger partial charge in [0.15, 0.2) is 0 Å². The lowest BCUT2D eigenvalue weighted by Crippen LogP contribution is -2.48. The van der Waals surface area contributed by atoms with Crippen molar-refractivity contribution in [1.29, 1.82) is 0 Å². The summed E-state index contributed by atoms with van der Waals surface area (Å²) in [4.78, 5) is 14.7. The van der Waals surface area contributed by atoms with E-state index in [1.807, 2.05) is 0 Å². The van der Waals surface area contributed by atoms with Crippen LogP contribution in [0.3, 0.4) is 0 Å². The second-order valence-electron chi connectivity index (χ2n) is 8.71. The van der Waals surface area contributed by atoms with Gasteiger partial charge in [0.2, 0.25) is 0 Å². The molecule has 0 radical (unpaired) electrons. The largest absolute Gasteiger partial charge is 0.490 e. The lowest BCUT2D eigenvalue weighted by atomic mass is 9.72. The summed E-state index contributed by atoms with van der Waals surface area (Å²) in [5, 5.41) is 9.04. The maximum absolute atomic E-state index is 11.0. The van der Waals surface area contributed by atoms with Crippen molar-refractivity contribution in [3.8, 4) is 5.75 Å². The van der Waals surface area contributed by atoms with Crippen LogP contribution >= 0.6 is 0 Å². The van der Waals surface area contributed by atoms with Crippen molar-refractivity contribution in [2.45, 2.75) is 52.6 Å². The first-order valence-electron chi connectivity index (χ1n) is 9.82. The molecule has 1 amide bonds. The molecule has 0 atom stereocenters. The number of benzene rings is 1. The van der Waals surface area contributed by atoms with Gasteiger partial charge in [-0.25, -0.2) is 4.79 Å². The number of ether oxygens (including phenoxy) is 1. The SMILES string of the molecule is CC(C)(C)C1CCC(Oc2ccc(N3CCN(C(=O)O)CC3)cc2)CC1. The van der Waals surface area contributed by atoms with Crippen LogP contribution in [0.5, 0.6) is 5.75 Å². The zero-order chi connectivity index (χ0) is 18.7. The predicted octanol–water partition coefficient (Wildman–Crippen LogP) is 4.47. The Morgan fingerprint density at radius 2 is 1.58 bits per heavy atom. The average molecular weight is 360 g/mol. The fourth-order valence-electron chi connectivity index (χ4n) is 4.13. The minimum absolute atomic E-state index is 0.332. The van der Waals surface area contributed by atoms with Gasteiger partial charge < -0.3 is 19.6 Å². The molecule has 0 spiro atoms. The smallest absolute Gasteiger partial charge is 0.407 e. The van der Waals surface area contributed by atoms with Crippen LogP contribution in [0.1, 0.15) is 46.5 Å². The van der Waals surface area contributed by atoms with Crippen LogP contribution in [-0.2, 0) is 0 Å². The summed E-state index contributed by atoms with van der Waals surface area (Å²) in [6.45, 7) is 9.62. The third-order valence-corrected chi connectivity index (χ3v) is 5.95. The summed E-state index contributed by atoms with van der Waals surface area (Å²) < 4.78 is 6.20. The Hall–Kier alpha value is -1.91. The third-order valence-electron chi connectivity index (χ3n) is 5.95. The fraction of sp³-hybridized carbons (Fsp3) is 0.667. The van der Waals surface area contributed by atoms with Gasteiger partial charge in [-0.15, -0.1) is 0 Å². The van der Waals surface area contributed by atoms with E-state index in [2.05, 4.69) is 49.9 Å². The third kappa shape index (κ3) is 4.63. The molecular weight excluding hydrogens is 328 g/mol. The maximum atomic E-state index is 11.0. The van der Waals surface area contributed by atoms with Crippen molar-refractivity contribution < 1.29 is 14.6 Å². The van der Waals surface area contributed by atoms with Gasteiger partial charge in [0.25, 0.3) is 0 Å². The van der Waals surface area contributed by atoms with Gasteiger partial charge in [0, 0.05) is 31.9 Å². The van der Waals surface area contributed by atoms with Gasteiger partial charge in [-0.05, 0) is 61.3 Å². The van der Waals surface area contributed by atoms with Crippen molar-refractivity contribution >= 4 is 11.8 Å². The molecule has 1 heterocycles. The highest BCUT2D eigenvalue weighted by molar-refractivity contribution is 5.65. The quantitative estimate of drug-likeness (QED) is 0.864. The Morgan fingerprint density at radius 3 is 2.08 bits per heavy atom.